The van der Waals surface area contributed by atoms with E-state index in [-0.39, 0.29) is 0 Å². The molecule has 2 N–H and O–H groups in total. The number of anilines is 1. The summed E-state index contributed by atoms with van der Waals surface area (Å²) in [6, 6.07) is 8.27. The lowest BCUT2D eigenvalue weighted by Crippen LogP contribution is -2.38. The lowest BCUT2D eigenvalue weighted by Gasteiger charge is -2.36. The Morgan fingerprint density at radius 1 is 1.10 bits per heavy atom. The van der Waals surface area contributed by atoms with Crippen LogP contribution in [0.5, 0.6) is 0 Å². The maximum Gasteiger partial charge on any atom is 0.106 e. The van der Waals surface area contributed by atoms with Crippen LogP contribution in [-0.4, -0.2) is 42.6 Å². The first-order valence-electron chi connectivity index (χ1n) is 8.10. The van der Waals surface area contributed by atoms with E-state index in [1.807, 2.05) is 12.1 Å². The van der Waals surface area contributed by atoms with Crippen LogP contribution in [0.2, 0.25) is 0 Å². The van der Waals surface area contributed by atoms with Crippen LogP contribution in [-0.2, 0) is 0 Å². The average Bonchev–Trinajstić information content (AvgIpc) is 3.01. The van der Waals surface area contributed by atoms with E-state index in [2.05, 4.69) is 21.9 Å². The van der Waals surface area contributed by atoms with Crippen LogP contribution in [0.25, 0.3) is 0 Å². The number of rotatable bonds is 4. The third-order valence-electron chi connectivity index (χ3n) is 4.84. The molecule has 0 spiro atoms. The number of nitrogens with zero attached hydrogens (tertiary/aromatic N) is 2. The van der Waals surface area contributed by atoms with E-state index in [1.54, 1.807) is 0 Å². The van der Waals surface area contributed by atoms with Crippen LogP contribution < -0.4 is 10.6 Å². The second-order valence-electron chi connectivity index (χ2n) is 6.32. The number of hydrogen-bond donors (Lipinski definition) is 1. The highest BCUT2D eigenvalue weighted by atomic mass is 32.1. The number of piperidine rings is 1. The minimum Gasteiger partial charge on any atom is -0.389 e. The molecule has 0 bridgehead atoms. The van der Waals surface area contributed by atoms with Crippen LogP contribution in [0.4, 0.5) is 5.69 Å². The number of nitrogens with two attached hydrogens (primary N) is 1. The zero-order valence-corrected chi connectivity index (χ0v) is 13.4. The maximum atomic E-state index is 5.86. The van der Waals surface area contributed by atoms with Gasteiger partial charge in [0.25, 0.3) is 0 Å². The van der Waals surface area contributed by atoms with Gasteiger partial charge < -0.3 is 15.5 Å². The van der Waals surface area contributed by atoms with Crippen molar-refractivity contribution in [2.45, 2.75) is 25.7 Å². The molecule has 3 rings (SSSR count). The summed E-state index contributed by atoms with van der Waals surface area (Å²) < 4.78 is 0. The average molecular weight is 303 g/mol. The molecule has 1 aromatic rings. The van der Waals surface area contributed by atoms with Gasteiger partial charge in [0, 0.05) is 30.9 Å². The van der Waals surface area contributed by atoms with Crippen LogP contribution in [0, 0.1) is 5.92 Å². The van der Waals surface area contributed by atoms with E-state index in [4.69, 9.17) is 18.0 Å². The molecule has 2 aliphatic heterocycles. The van der Waals surface area contributed by atoms with Gasteiger partial charge in [0.2, 0.25) is 0 Å². The largest absolute Gasteiger partial charge is 0.389 e. The van der Waals surface area contributed by atoms with Crippen LogP contribution in [0.3, 0.4) is 0 Å². The monoisotopic (exact) mass is 303 g/mol. The van der Waals surface area contributed by atoms with Crippen LogP contribution >= 0.6 is 12.2 Å². The Kier molecular flexibility index (Phi) is 4.76. The van der Waals surface area contributed by atoms with Gasteiger partial charge in [0.1, 0.15) is 4.99 Å². The first-order valence-corrected chi connectivity index (χ1v) is 8.51. The molecule has 2 heterocycles. The highest BCUT2D eigenvalue weighted by Crippen LogP contribution is 2.27. The molecule has 0 unspecified atom stereocenters. The molecule has 0 aliphatic carbocycles. The lowest BCUT2D eigenvalue weighted by molar-refractivity contribution is 0.249. The molecule has 2 fully saturated rings. The molecule has 0 aromatic heterocycles. The van der Waals surface area contributed by atoms with Crippen molar-refractivity contribution in [3.05, 3.63) is 29.8 Å². The summed E-state index contributed by atoms with van der Waals surface area (Å²) >= 11 is 5.18. The number of thiocarbonyl (C=S) groups is 1. The van der Waals surface area contributed by atoms with Crippen LogP contribution in [0.15, 0.2) is 24.3 Å². The highest BCUT2D eigenvalue weighted by molar-refractivity contribution is 7.80. The molecule has 1 aromatic carbocycles. The standard InChI is InChI=1S/C17H25N3S/c18-17(21)15-5-1-2-6-16(15)20-11-7-14(8-12-20)13-19-9-3-4-10-19/h1-2,5-6,14H,3-4,7-13H2,(H2,18,21). The predicted molar refractivity (Wildman–Crippen MR) is 92.9 cm³/mol. The third kappa shape index (κ3) is 3.55. The van der Waals surface area contributed by atoms with Crippen molar-refractivity contribution in [1.29, 1.82) is 0 Å². The first kappa shape index (κ1) is 14.8. The van der Waals surface area contributed by atoms with E-state index in [1.165, 1.54) is 51.0 Å². The van der Waals surface area contributed by atoms with Crippen molar-refractivity contribution >= 4 is 22.9 Å². The second kappa shape index (κ2) is 6.75. The summed E-state index contributed by atoms with van der Waals surface area (Å²) in [4.78, 5) is 5.60. The molecule has 0 radical (unpaired) electrons. The molecule has 3 nitrogen and oxygen atoms in total. The number of likely N-dealkylation sites (tertiary alicyclic amines) is 1. The molecular weight excluding hydrogens is 278 g/mol. The van der Waals surface area contributed by atoms with Gasteiger partial charge >= 0.3 is 0 Å². The summed E-state index contributed by atoms with van der Waals surface area (Å²) in [6.45, 7) is 6.16. The second-order valence-corrected chi connectivity index (χ2v) is 6.76. The van der Waals surface area contributed by atoms with Gasteiger partial charge in [0.15, 0.2) is 0 Å². The van der Waals surface area contributed by atoms with Crippen molar-refractivity contribution in [3.63, 3.8) is 0 Å². The van der Waals surface area contributed by atoms with Gasteiger partial charge in [-0.05, 0) is 56.8 Å². The fourth-order valence-corrected chi connectivity index (χ4v) is 3.82. The Morgan fingerprint density at radius 2 is 1.76 bits per heavy atom. The summed E-state index contributed by atoms with van der Waals surface area (Å²) in [7, 11) is 0. The molecule has 0 amide bonds. The number of hydrogen-bond acceptors (Lipinski definition) is 3. The summed E-state index contributed by atoms with van der Waals surface area (Å²) in [5.41, 5.74) is 8.09. The fourth-order valence-electron chi connectivity index (χ4n) is 3.64. The zero-order valence-electron chi connectivity index (χ0n) is 12.6. The lowest BCUT2D eigenvalue weighted by atomic mass is 9.95. The van der Waals surface area contributed by atoms with E-state index in [0.717, 1.165) is 24.6 Å². The predicted octanol–water partition coefficient (Wildman–Crippen LogP) is 2.63. The highest BCUT2D eigenvalue weighted by Gasteiger charge is 2.24. The van der Waals surface area contributed by atoms with Gasteiger partial charge in [-0.25, -0.2) is 0 Å². The van der Waals surface area contributed by atoms with Gasteiger partial charge in [-0.3, -0.25) is 0 Å². The smallest absolute Gasteiger partial charge is 0.106 e. The Labute approximate surface area is 133 Å². The Bertz CT molecular complexity index is 489. The maximum absolute atomic E-state index is 5.86. The molecule has 0 saturated carbocycles. The molecule has 0 atom stereocenters. The van der Waals surface area contributed by atoms with Crippen molar-refractivity contribution in [2.24, 2.45) is 11.7 Å². The first-order chi connectivity index (χ1) is 10.2. The van der Waals surface area contributed by atoms with Crippen molar-refractivity contribution in [3.8, 4) is 0 Å². The minimum absolute atomic E-state index is 0.504. The van der Waals surface area contributed by atoms with E-state index < -0.39 is 0 Å². The third-order valence-corrected chi connectivity index (χ3v) is 5.06. The molecule has 114 valence electrons. The van der Waals surface area contributed by atoms with E-state index in [9.17, 15) is 0 Å². The molecular formula is C17H25N3S. The van der Waals surface area contributed by atoms with Crippen molar-refractivity contribution < 1.29 is 0 Å². The Balaban J connectivity index is 1.59. The van der Waals surface area contributed by atoms with Crippen molar-refractivity contribution in [2.75, 3.05) is 37.6 Å². The minimum atomic E-state index is 0.504. The quantitative estimate of drug-likeness (QED) is 0.867. The molecule has 21 heavy (non-hydrogen) atoms. The fraction of sp³-hybridized carbons (Fsp3) is 0.588. The summed E-state index contributed by atoms with van der Waals surface area (Å²) in [5.74, 6) is 0.858. The van der Waals surface area contributed by atoms with E-state index in [0.29, 0.717) is 4.99 Å². The van der Waals surface area contributed by atoms with Crippen LogP contribution in [0.1, 0.15) is 31.2 Å². The number of para-hydroxylation sites is 1. The Hall–Kier alpha value is -1.13. The summed E-state index contributed by atoms with van der Waals surface area (Å²) in [6.07, 6.45) is 5.34. The van der Waals surface area contributed by atoms with Crippen molar-refractivity contribution in [1.82, 2.24) is 4.90 Å². The molecule has 4 heteroatoms. The topological polar surface area (TPSA) is 32.5 Å². The van der Waals surface area contributed by atoms with Gasteiger partial charge in [-0.1, -0.05) is 24.4 Å². The van der Waals surface area contributed by atoms with Gasteiger partial charge in [0.05, 0.1) is 0 Å². The van der Waals surface area contributed by atoms with Gasteiger partial charge in [-0.15, -0.1) is 0 Å². The Morgan fingerprint density at radius 3 is 2.43 bits per heavy atom. The summed E-state index contributed by atoms with van der Waals surface area (Å²) in [5, 5.41) is 0. The normalized spacial score (nSPS) is 20.9. The SMILES string of the molecule is NC(=S)c1ccccc1N1CCC(CN2CCCC2)CC1. The zero-order chi connectivity index (χ0) is 14.7. The molecule has 2 saturated heterocycles. The number of benzene rings is 1. The molecule has 2 aliphatic rings. The van der Waals surface area contributed by atoms with Gasteiger partial charge in [-0.2, -0.15) is 0 Å². The van der Waals surface area contributed by atoms with E-state index >= 15 is 0 Å².